The van der Waals surface area contributed by atoms with Gasteiger partial charge >= 0.3 is 0 Å². The van der Waals surface area contributed by atoms with Crippen molar-refractivity contribution in [2.45, 2.75) is 4.90 Å². The highest BCUT2D eigenvalue weighted by atomic mass is 79.9. The molecule has 0 aliphatic carbocycles. The van der Waals surface area contributed by atoms with Crippen LogP contribution < -0.4 is 10.6 Å². The molecule has 0 aliphatic rings. The molecule has 0 saturated heterocycles. The zero-order valence-electron chi connectivity index (χ0n) is 14.3. The molecule has 136 valence electrons. The van der Waals surface area contributed by atoms with E-state index in [-0.39, 0.29) is 5.78 Å². The summed E-state index contributed by atoms with van der Waals surface area (Å²) in [7, 11) is 0. The third-order valence-electron chi connectivity index (χ3n) is 3.68. The lowest BCUT2D eigenvalue weighted by Crippen LogP contribution is -2.18. The molecule has 0 spiro atoms. The fraction of sp³-hybridized carbons (Fsp3) is 0.0476. The molecule has 0 saturated carbocycles. The molecule has 0 radical (unpaired) electrons. The second-order valence-electron chi connectivity index (χ2n) is 5.69. The van der Waals surface area contributed by atoms with Gasteiger partial charge < -0.3 is 10.6 Å². The summed E-state index contributed by atoms with van der Waals surface area (Å²) >= 11 is 10.2. The molecular weight excluding hydrogens is 440 g/mol. The Balaban J connectivity index is 1.50. The van der Waals surface area contributed by atoms with Crippen molar-refractivity contribution >= 4 is 62.2 Å². The number of halogens is 1. The summed E-state index contributed by atoms with van der Waals surface area (Å²) in [5, 5.41) is 6.82. The lowest BCUT2D eigenvalue weighted by molar-refractivity contribution is 0.102. The molecule has 3 rings (SSSR count). The van der Waals surface area contributed by atoms with Crippen molar-refractivity contribution in [3.63, 3.8) is 0 Å². The zero-order chi connectivity index (χ0) is 19.1. The molecule has 27 heavy (non-hydrogen) atoms. The van der Waals surface area contributed by atoms with Crippen LogP contribution in [-0.4, -0.2) is 16.6 Å². The van der Waals surface area contributed by atoms with E-state index in [0.717, 1.165) is 26.3 Å². The highest BCUT2D eigenvalue weighted by molar-refractivity contribution is 9.10. The summed E-state index contributed by atoms with van der Waals surface area (Å²) < 4.78 is 0.967. The Labute approximate surface area is 176 Å². The first-order valence-electron chi connectivity index (χ1n) is 8.25. The van der Waals surface area contributed by atoms with Crippen molar-refractivity contribution in [3.8, 4) is 0 Å². The van der Waals surface area contributed by atoms with E-state index in [4.69, 9.17) is 12.2 Å². The van der Waals surface area contributed by atoms with Gasteiger partial charge in [0.05, 0.1) is 5.75 Å². The van der Waals surface area contributed by atoms with Crippen molar-refractivity contribution < 1.29 is 4.79 Å². The molecule has 6 heteroatoms. The Kier molecular flexibility index (Phi) is 7.04. The number of rotatable bonds is 6. The lowest BCUT2D eigenvalue weighted by Gasteiger charge is -2.11. The third kappa shape index (κ3) is 6.20. The summed E-state index contributed by atoms with van der Waals surface area (Å²) in [4.78, 5) is 13.3. The summed E-state index contributed by atoms with van der Waals surface area (Å²) in [6.45, 7) is 0. The average Bonchev–Trinajstić information content (AvgIpc) is 2.68. The highest BCUT2D eigenvalue weighted by Gasteiger charge is 2.07. The smallest absolute Gasteiger partial charge is 0.175 e. The Morgan fingerprint density at radius 2 is 1.44 bits per heavy atom. The SMILES string of the molecule is O=C(CSc1ccc(NC(=S)Nc2ccccc2)cc1)c1ccc(Br)cc1. The molecule has 2 N–H and O–H groups in total. The number of hydrogen-bond acceptors (Lipinski definition) is 3. The molecular formula is C21H17BrN2OS2. The number of thiocarbonyl (C=S) groups is 1. The van der Waals surface area contributed by atoms with Gasteiger partial charge in [0.1, 0.15) is 0 Å². The van der Waals surface area contributed by atoms with Crippen LogP contribution in [0.2, 0.25) is 0 Å². The van der Waals surface area contributed by atoms with Crippen molar-refractivity contribution in [1.82, 2.24) is 0 Å². The number of Topliss-reactive ketones (excluding diaryl/α,β-unsaturated/α-hetero) is 1. The number of nitrogens with one attached hydrogen (secondary N) is 2. The Hall–Kier alpha value is -2.15. The highest BCUT2D eigenvalue weighted by Crippen LogP contribution is 2.22. The van der Waals surface area contributed by atoms with Crippen molar-refractivity contribution in [2.75, 3.05) is 16.4 Å². The fourth-order valence-electron chi connectivity index (χ4n) is 2.32. The van der Waals surface area contributed by atoms with Gasteiger partial charge in [-0.05, 0) is 60.7 Å². The predicted molar refractivity (Wildman–Crippen MR) is 122 cm³/mol. The van der Waals surface area contributed by atoms with E-state index < -0.39 is 0 Å². The van der Waals surface area contributed by atoms with Gasteiger partial charge in [-0.3, -0.25) is 4.79 Å². The molecule has 0 aromatic heterocycles. The van der Waals surface area contributed by atoms with Crippen molar-refractivity contribution in [2.24, 2.45) is 0 Å². The van der Waals surface area contributed by atoms with E-state index >= 15 is 0 Å². The van der Waals surface area contributed by atoms with Crippen LogP contribution in [0.3, 0.4) is 0 Å². The monoisotopic (exact) mass is 456 g/mol. The number of thioether (sulfide) groups is 1. The molecule has 3 aromatic rings. The van der Waals surface area contributed by atoms with Gasteiger partial charge in [0.25, 0.3) is 0 Å². The van der Waals surface area contributed by atoms with Crippen LogP contribution >= 0.6 is 39.9 Å². The fourth-order valence-corrected chi connectivity index (χ4v) is 3.61. The number of carbonyl (C=O) groups is 1. The number of benzene rings is 3. The molecule has 0 aliphatic heterocycles. The largest absolute Gasteiger partial charge is 0.332 e. The quantitative estimate of drug-likeness (QED) is 0.261. The molecule has 0 atom stereocenters. The van der Waals surface area contributed by atoms with Crippen LogP contribution in [-0.2, 0) is 0 Å². The Bertz CT molecular complexity index is 913. The first kappa shape index (κ1) is 19.6. The van der Waals surface area contributed by atoms with Crippen LogP contribution in [0.1, 0.15) is 10.4 Å². The molecule has 0 bridgehead atoms. The number of carbonyl (C=O) groups excluding carboxylic acids is 1. The molecule has 0 heterocycles. The average molecular weight is 457 g/mol. The van der Waals surface area contributed by atoms with Gasteiger partial charge in [-0.25, -0.2) is 0 Å². The van der Waals surface area contributed by atoms with Gasteiger partial charge in [-0.15, -0.1) is 11.8 Å². The molecule has 3 nitrogen and oxygen atoms in total. The van der Waals surface area contributed by atoms with Gasteiger partial charge in [0.15, 0.2) is 10.9 Å². The van der Waals surface area contributed by atoms with Crippen LogP contribution in [0.5, 0.6) is 0 Å². The maximum Gasteiger partial charge on any atom is 0.175 e. The summed E-state index contributed by atoms with van der Waals surface area (Å²) in [6, 6.07) is 25.1. The second-order valence-corrected chi connectivity index (χ2v) is 8.06. The van der Waals surface area contributed by atoms with E-state index in [9.17, 15) is 4.79 Å². The van der Waals surface area contributed by atoms with E-state index in [1.54, 1.807) is 0 Å². The molecule has 0 fully saturated rings. The number of ketones is 1. The molecule has 3 aromatic carbocycles. The zero-order valence-corrected chi connectivity index (χ0v) is 17.5. The maximum atomic E-state index is 12.2. The minimum absolute atomic E-state index is 0.114. The summed E-state index contributed by atoms with van der Waals surface area (Å²) in [5.41, 5.74) is 2.56. The summed E-state index contributed by atoms with van der Waals surface area (Å²) in [5.74, 6) is 0.519. The van der Waals surface area contributed by atoms with E-state index in [0.29, 0.717) is 10.9 Å². The molecule has 0 unspecified atom stereocenters. The Morgan fingerprint density at radius 1 is 0.852 bits per heavy atom. The second kappa shape index (κ2) is 9.69. The minimum atomic E-state index is 0.114. The van der Waals surface area contributed by atoms with Crippen molar-refractivity contribution in [3.05, 3.63) is 88.9 Å². The van der Waals surface area contributed by atoms with E-state index in [1.807, 2.05) is 78.9 Å². The summed E-state index contributed by atoms with van der Waals surface area (Å²) in [6.07, 6.45) is 0. The normalized spacial score (nSPS) is 10.3. The van der Waals surface area contributed by atoms with Gasteiger partial charge in [0, 0.05) is 26.3 Å². The van der Waals surface area contributed by atoms with E-state index in [1.165, 1.54) is 11.8 Å². The maximum absolute atomic E-state index is 12.2. The first-order chi connectivity index (χ1) is 13.1. The third-order valence-corrected chi connectivity index (χ3v) is 5.42. The van der Waals surface area contributed by atoms with Crippen LogP contribution in [0.25, 0.3) is 0 Å². The van der Waals surface area contributed by atoms with E-state index in [2.05, 4.69) is 26.6 Å². The van der Waals surface area contributed by atoms with Gasteiger partial charge in [-0.1, -0.05) is 46.3 Å². The minimum Gasteiger partial charge on any atom is -0.332 e. The Morgan fingerprint density at radius 3 is 2.07 bits per heavy atom. The topological polar surface area (TPSA) is 41.1 Å². The lowest BCUT2D eigenvalue weighted by atomic mass is 10.2. The number of para-hydroxylation sites is 1. The van der Waals surface area contributed by atoms with Crippen LogP contribution in [0.15, 0.2) is 88.2 Å². The van der Waals surface area contributed by atoms with Crippen LogP contribution in [0.4, 0.5) is 11.4 Å². The van der Waals surface area contributed by atoms with Crippen LogP contribution in [0, 0.1) is 0 Å². The number of hydrogen-bond donors (Lipinski definition) is 2. The molecule has 0 amide bonds. The predicted octanol–water partition coefficient (Wildman–Crippen LogP) is 6.23. The number of anilines is 2. The standard InChI is InChI=1S/C21H17BrN2OS2/c22-16-8-6-15(7-9-16)20(25)14-27-19-12-10-18(11-13-19)24-21(26)23-17-4-2-1-3-5-17/h1-13H,14H2,(H2,23,24,26). The van der Waals surface area contributed by atoms with Gasteiger partial charge in [-0.2, -0.15) is 0 Å². The van der Waals surface area contributed by atoms with Gasteiger partial charge in [0.2, 0.25) is 0 Å². The van der Waals surface area contributed by atoms with Crippen molar-refractivity contribution in [1.29, 1.82) is 0 Å². The first-order valence-corrected chi connectivity index (χ1v) is 10.4.